The molecular weight excluding hydrogens is 361 g/mol. The zero-order valence-electron chi connectivity index (χ0n) is 13.2. The number of aromatic nitrogens is 4. The first kappa shape index (κ1) is 15.9. The van der Waals surface area contributed by atoms with Gasteiger partial charge in [-0.25, -0.2) is 0 Å². The number of tetrazole rings is 1. The highest BCUT2D eigenvalue weighted by Gasteiger charge is 2.12. The van der Waals surface area contributed by atoms with Crippen molar-refractivity contribution in [1.82, 2.24) is 20.6 Å². The van der Waals surface area contributed by atoms with E-state index in [-0.39, 0.29) is 0 Å². The highest BCUT2D eigenvalue weighted by Crippen LogP contribution is 2.30. The van der Waals surface area contributed by atoms with Gasteiger partial charge < -0.3 is 9.73 Å². The Balaban J connectivity index is 1.60. The molecule has 0 fully saturated rings. The number of aryl methyl sites for hydroxylation is 1. The third kappa shape index (κ3) is 3.18. The summed E-state index contributed by atoms with van der Waals surface area (Å²) in [4.78, 5) is 0. The number of H-pyrrole nitrogens is 1. The monoisotopic (exact) mass is 373 g/mol. The van der Waals surface area contributed by atoms with E-state index in [0.717, 1.165) is 27.2 Å². The van der Waals surface area contributed by atoms with Crippen molar-refractivity contribution in [2.75, 3.05) is 5.32 Å². The lowest BCUT2D eigenvalue weighted by molar-refractivity contribution is 0.625. The van der Waals surface area contributed by atoms with Gasteiger partial charge in [-0.3, -0.25) is 0 Å². The molecule has 2 aromatic heterocycles. The molecule has 2 N–H and O–H groups in total. The number of aromatic amines is 1. The second-order valence-electron chi connectivity index (χ2n) is 5.65. The van der Waals surface area contributed by atoms with Crippen molar-refractivity contribution in [3.8, 4) is 11.6 Å². The summed E-state index contributed by atoms with van der Waals surface area (Å²) in [6.07, 6.45) is 0. The van der Waals surface area contributed by atoms with Crippen LogP contribution in [0.5, 0.6) is 0 Å². The molecule has 0 spiro atoms. The van der Waals surface area contributed by atoms with Gasteiger partial charge in [-0.2, -0.15) is 5.21 Å². The SMILES string of the molecule is Cc1ccc(NCc2cc3cc(-c4nn[nH]n4)oc3cc2Cl)cc1Cl. The Morgan fingerprint density at radius 1 is 1.12 bits per heavy atom. The van der Waals surface area contributed by atoms with E-state index in [1.54, 1.807) is 6.07 Å². The first-order chi connectivity index (χ1) is 12.1. The summed E-state index contributed by atoms with van der Waals surface area (Å²) in [6.45, 7) is 2.54. The summed E-state index contributed by atoms with van der Waals surface area (Å²) in [6, 6.07) is 11.5. The number of benzene rings is 2. The zero-order chi connectivity index (χ0) is 17.4. The van der Waals surface area contributed by atoms with Gasteiger partial charge in [-0.15, -0.1) is 10.2 Å². The molecule has 0 aliphatic heterocycles. The second kappa shape index (κ2) is 6.38. The van der Waals surface area contributed by atoms with Crippen LogP contribution in [-0.2, 0) is 6.54 Å². The highest BCUT2D eigenvalue weighted by molar-refractivity contribution is 6.32. The minimum absolute atomic E-state index is 0.404. The number of anilines is 1. The number of furan rings is 1. The quantitative estimate of drug-likeness (QED) is 0.534. The first-order valence-electron chi connectivity index (χ1n) is 7.56. The van der Waals surface area contributed by atoms with Crippen LogP contribution in [0.2, 0.25) is 10.0 Å². The van der Waals surface area contributed by atoms with Gasteiger partial charge in [0.2, 0.25) is 5.82 Å². The maximum atomic E-state index is 6.38. The number of hydrogen-bond donors (Lipinski definition) is 2. The topological polar surface area (TPSA) is 79.6 Å². The summed E-state index contributed by atoms with van der Waals surface area (Å²) >= 11 is 12.5. The van der Waals surface area contributed by atoms with Crippen LogP contribution in [0.15, 0.2) is 40.8 Å². The lowest BCUT2D eigenvalue weighted by atomic mass is 10.1. The Hall–Kier alpha value is -2.57. The van der Waals surface area contributed by atoms with Crippen LogP contribution in [0.1, 0.15) is 11.1 Å². The fraction of sp³-hybridized carbons (Fsp3) is 0.118. The Morgan fingerprint density at radius 3 is 2.76 bits per heavy atom. The maximum Gasteiger partial charge on any atom is 0.239 e. The van der Waals surface area contributed by atoms with E-state index >= 15 is 0 Å². The molecule has 0 amide bonds. The van der Waals surface area contributed by atoms with Crippen molar-refractivity contribution in [1.29, 1.82) is 0 Å². The molecule has 8 heteroatoms. The van der Waals surface area contributed by atoms with Crippen molar-refractivity contribution in [2.24, 2.45) is 0 Å². The van der Waals surface area contributed by atoms with Crippen LogP contribution in [0.3, 0.4) is 0 Å². The summed E-state index contributed by atoms with van der Waals surface area (Å²) in [5.41, 5.74) is 3.60. The molecule has 0 saturated heterocycles. The molecule has 4 rings (SSSR count). The van der Waals surface area contributed by atoms with E-state index in [2.05, 4.69) is 25.9 Å². The predicted octanol–water partition coefficient (Wildman–Crippen LogP) is 4.84. The van der Waals surface area contributed by atoms with Crippen LogP contribution < -0.4 is 5.32 Å². The minimum atomic E-state index is 0.404. The van der Waals surface area contributed by atoms with Crippen LogP contribution in [0, 0.1) is 6.92 Å². The van der Waals surface area contributed by atoms with Gasteiger partial charge in [0.25, 0.3) is 0 Å². The van der Waals surface area contributed by atoms with Gasteiger partial charge in [0.15, 0.2) is 5.76 Å². The van der Waals surface area contributed by atoms with E-state index < -0.39 is 0 Å². The van der Waals surface area contributed by atoms with Crippen molar-refractivity contribution in [3.63, 3.8) is 0 Å². The van der Waals surface area contributed by atoms with Gasteiger partial charge in [0, 0.05) is 33.7 Å². The minimum Gasteiger partial charge on any atom is -0.453 e. The molecule has 0 atom stereocenters. The molecule has 0 aliphatic carbocycles. The molecule has 126 valence electrons. The molecule has 2 aromatic carbocycles. The summed E-state index contributed by atoms with van der Waals surface area (Å²) in [7, 11) is 0. The normalized spacial score (nSPS) is 11.2. The molecule has 0 radical (unpaired) electrons. The number of fused-ring (bicyclic) bond motifs is 1. The van der Waals surface area contributed by atoms with Crippen LogP contribution in [0.25, 0.3) is 22.6 Å². The summed E-state index contributed by atoms with van der Waals surface area (Å²) in [5, 5.41) is 19.4. The zero-order valence-corrected chi connectivity index (χ0v) is 14.7. The lowest BCUT2D eigenvalue weighted by Gasteiger charge is -2.09. The fourth-order valence-electron chi connectivity index (χ4n) is 2.52. The first-order valence-corrected chi connectivity index (χ1v) is 8.31. The third-order valence-electron chi connectivity index (χ3n) is 3.91. The Labute approximate surface area is 153 Å². The molecule has 25 heavy (non-hydrogen) atoms. The standard InChI is InChI=1S/C17H13Cl2N5O/c1-9-2-3-12(6-13(9)18)20-8-11-4-10-5-16(17-21-23-24-22-17)25-15(10)7-14(11)19/h2-7,20H,8H2,1H3,(H,21,22,23,24). The van der Waals surface area contributed by atoms with Crippen LogP contribution in [-0.4, -0.2) is 20.6 Å². The Kier molecular flexibility index (Phi) is 4.07. The van der Waals surface area contributed by atoms with E-state index in [1.807, 2.05) is 37.3 Å². The molecule has 0 aliphatic rings. The van der Waals surface area contributed by atoms with Gasteiger partial charge >= 0.3 is 0 Å². The van der Waals surface area contributed by atoms with Gasteiger partial charge in [-0.1, -0.05) is 29.3 Å². The number of nitrogens with zero attached hydrogens (tertiary/aromatic N) is 3. The molecule has 6 nitrogen and oxygen atoms in total. The molecular formula is C17H13Cl2N5O. The fourth-order valence-corrected chi connectivity index (χ4v) is 2.92. The van der Waals surface area contributed by atoms with E-state index in [4.69, 9.17) is 27.6 Å². The van der Waals surface area contributed by atoms with Crippen molar-refractivity contribution >= 4 is 39.9 Å². The van der Waals surface area contributed by atoms with E-state index in [0.29, 0.717) is 28.7 Å². The van der Waals surface area contributed by atoms with E-state index in [9.17, 15) is 0 Å². The largest absolute Gasteiger partial charge is 0.453 e. The molecule has 0 unspecified atom stereocenters. The number of hydrogen-bond acceptors (Lipinski definition) is 5. The van der Waals surface area contributed by atoms with Gasteiger partial charge in [-0.05, 0) is 47.5 Å². The van der Waals surface area contributed by atoms with Crippen molar-refractivity contribution in [2.45, 2.75) is 13.5 Å². The van der Waals surface area contributed by atoms with Gasteiger partial charge in [0.05, 0.1) is 0 Å². The molecule has 0 saturated carbocycles. The maximum absolute atomic E-state index is 6.38. The smallest absolute Gasteiger partial charge is 0.239 e. The van der Waals surface area contributed by atoms with Crippen LogP contribution >= 0.6 is 23.2 Å². The summed E-state index contributed by atoms with van der Waals surface area (Å²) < 4.78 is 5.73. The third-order valence-corrected chi connectivity index (χ3v) is 4.66. The predicted molar refractivity (Wildman–Crippen MR) is 97.9 cm³/mol. The highest BCUT2D eigenvalue weighted by atomic mass is 35.5. The number of rotatable bonds is 4. The van der Waals surface area contributed by atoms with E-state index in [1.165, 1.54) is 0 Å². The molecule has 4 aromatic rings. The van der Waals surface area contributed by atoms with Crippen molar-refractivity contribution < 1.29 is 4.42 Å². The summed E-state index contributed by atoms with van der Waals surface area (Å²) in [5.74, 6) is 0.941. The Morgan fingerprint density at radius 2 is 2.00 bits per heavy atom. The van der Waals surface area contributed by atoms with Gasteiger partial charge in [0.1, 0.15) is 5.58 Å². The average Bonchev–Trinajstić information content (AvgIpc) is 3.24. The number of nitrogens with one attached hydrogen (secondary N) is 2. The lowest BCUT2D eigenvalue weighted by Crippen LogP contribution is -2.00. The van der Waals surface area contributed by atoms with Crippen molar-refractivity contribution in [3.05, 3.63) is 57.6 Å². The van der Waals surface area contributed by atoms with Crippen LogP contribution in [0.4, 0.5) is 5.69 Å². The second-order valence-corrected chi connectivity index (χ2v) is 6.46. The molecule has 2 heterocycles. The number of halogens is 2. The molecule has 0 bridgehead atoms. The average molecular weight is 374 g/mol. The Bertz CT molecular complexity index is 1040.